The number of hydrogen-bond acceptors (Lipinski definition) is 3. The van der Waals surface area contributed by atoms with Gasteiger partial charge in [-0.1, -0.05) is 25.1 Å². The van der Waals surface area contributed by atoms with Crippen LogP contribution in [0.15, 0.2) is 30.3 Å². The largest absolute Gasteiger partial charge is 0.477 e. The molecule has 1 aliphatic rings. The number of hydrogen-bond donors (Lipinski definition) is 1. The van der Waals surface area contributed by atoms with Crippen LogP contribution < -0.4 is 10.1 Å². The molecule has 1 N–H and O–H groups in total. The number of benzene rings is 1. The lowest BCUT2D eigenvalue weighted by atomic mass is 10.1. The Labute approximate surface area is 120 Å². The minimum atomic E-state index is 0.748. The van der Waals surface area contributed by atoms with Crippen molar-refractivity contribution >= 4 is 10.8 Å². The van der Waals surface area contributed by atoms with Crippen LogP contribution in [-0.4, -0.2) is 18.1 Å². The lowest BCUT2D eigenvalue weighted by Gasteiger charge is -2.11. The molecule has 0 spiro atoms. The van der Waals surface area contributed by atoms with E-state index in [0.29, 0.717) is 0 Å². The van der Waals surface area contributed by atoms with Crippen LogP contribution in [0, 0.1) is 5.92 Å². The Balaban J connectivity index is 1.83. The van der Waals surface area contributed by atoms with Crippen molar-refractivity contribution < 1.29 is 4.74 Å². The number of fused-ring (bicyclic) bond motifs is 1. The fraction of sp³-hybridized carbons (Fsp3) is 0.471. The Morgan fingerprint density at radius 2 is 2.15 bits per heavy atom. The summed E-state index contributed by atoms with van der Waals surface area (Å²) in [5.41, 5.74) is 1.06. The molecule has 3 rings (SSSR count). The van der Waals surface area contributed by atoms with Crippen LogP contribution in [0.1, 0.15) is 31.9 Å². The predicted molar refractivity (Wildman–Crippen MR) is 82.0 cm³/mol. The van der Waals surface area contributed by atoms with Gasteiger partial charge in [-0.25, -0.2) is 4.98 Å². The van der Waals surface area contributed by atoms with E-state index in [2.05, 4.69) is 41.5 Å². The first-order valence-electron chi connectivity index (χ1n) is 7.59. The molecule has 0 atom stereocenters. The number of nitrogens with one attached hydrogen (secondary N) is 1. The zero-order chi connectivity index (χ0) is 13.8. The summed E-state index contributed by atoms with van der Waals surface area (Å²) in [6, 6.07) is 10.5. The topological polar surface area (TPSA) is 34.1 Å². The van der Waals surface area contributed by atoms with Gasteiger partial charge >= 0.3 is 0 Å². The molecular weight excluding hydrogens is 248 g/mol. The molecule has 0 radical (unpaired) electrons. The smallest absolute Gasteiger partial charge is 0.221 e. The summed E-state index contributed by atoms with van der Waals surface area (Å²) in [5.74, 6) is 1.54. The van der Waals surface area contributed by atoms with Gasteiger partial charge in [0.2, 0.25) is 5.88 Å². The van der Waals surface area contributed by atoms with Gasteiger partial charge in [-0.05, 0) is 49.2 Å². The molecule has 1 fully saturated rings. The Bertz CT molecular complexity index is 578. The Morgan fingerprint density at radius 3 is 2.95 bits per heavy atom. The highest BCUT2D eigenvalue weighted by Crippen LogP contribution is 2.31. The van der Waals surface area contributed by atoms with Crippen LogP contribution in [0.2, 0.25) is 0 Å². The molecule has 1 heterocycles. The number of aromatic nitrogens is 1. The third kappa shape index (κ3) is 3.28. The molecule has 0 amide bonds. The van der Waals surface area contributed by atoms with E-state index in [1.54, 1.807) is 0 Å². The third-order valence-corrected chi connectivity index (χ3v) is 3.64. The van der Waals surface area contributed by atoms with Gasteiger partial charge in [0.15, 0.2) is 0 Å². The van der Waals surface area contributed by atoms with Crippen LogP contribution in [0.5, 0.6) is 5.88 Å². The fourth-order valence-electron chi connectivity index (χ4n) is 2.30. The van der Waals surface area contributed by atoms with Gasteiger partial charge in [-0.3, -0.25) is 0 Å². The Morgan fingerprint density at radius 1 is 1.30 bits per heavy atom. The number of pyridine rings is 1. The summed E-state index contributed by atoms with van der Waals surface area (Å²) in [6.07, 6.45) is 3.74. The first-order valence-corrected chi connectivity index (χ1v) is 7.59. The van der Waals surface area contributed by atoms with Crippen molar-refractivity contribution in [2.45, 2.75) is 32.7 Å². The van der Waals surface area contributed by atoms with E-state index >= 15 is 0 Å². The van der Waals surface area contributed by atoms with Crippen LogP contribution in [0.25, 0.3) is 10.8 Å². The van der Waals surface area contributed by atoms with E-state index in [-0.39, 0.29) is 0 Å². The van der Waals surface area contributed by atoms with Gasteiger partial charge in [0.05, 0.1) is 12.3 Å². The molecular formula is C17H22N2O. The number of nitrogens with zero attached hydrogens (tertiary/aromatic N) is 1. The van der Waals surface area contributed by atoms with Crippen molar-refractivity contribution in [1.29, 1.82) is 0 Å². The second-order valence-corrected chi connectivity index (χ2v) is 5.57. The lowest BCUT2D eigenvalue weighted by Crippen LogP contribution is -2.15. The minimum Gasteiger partial charge on any atom is -0.477 e. The lowest BCUT2D eigenvalue weighted by molar-refractivity contribution is 0.291. The maximum atomic E-state index is 5.95. The van der Waals surface area contributed by atoms with Crippen LogP contribution >= 0.6 is 0 Å². The molecule has 1 aliphatic carbocycles. The highest BCUT2D eigenvalue weighted by Gasteiger charge is 2.22. The highest BCUT2D eigenvalue weighted by atomic mass is 16.5. The quantitative estimate of drug-likeness (QED) is 0.782. The molecule has 0 bridgehead atoms. The van der Waals surface area contributed by atoms with Crippen LogP contribution in [0.4, 0.5) is 0 Å². The van der Waals surface area contributed by atoms with Gasteiger partial charge in [0, 0.05) is 11.9 Å². The molecule has 0 saturated heterocycles. The second kappa shape index (κ2) is 6.23. The molecule has 1 aromatic heterocycles. The monoisotopic (exact) mass is 270 g/mol. The molecule has 1 aromatic carbocycles. The van der Waals surface area contributed by atoms with Crippen molar-refractivity contribution in [3.05, 3.63) is 36.0 Å². The standard InChI is InChI=1S/C17H22N2O/c1-2-9-18-11-15-10-14-5-3-4-6-16(14)17(19-15)20-12-13-7-8-13/h3-6,10,13,18H,2,7-9,11-12H2,1H3. The second-order valence-electron chi connectivity index (χ2n) is 5.57. The number of rotatable bonds is 7. The SMILES string of the molecule is CCCNCc1cc2ccccc2c(OCC2CC2)n1. The minimum absolute atomic E-state index is 0.748. The van der Waals surface area contributed by atoms with E-state index in [4.69, 9.17) is 4.74 Å². The molecule has 3 nitrogen and oxygen atoms in total. The average molecular weight is 270 g/mol. The summed E-state index contributed by atoms with van der Waals surface area (Å²) >= 11 is 0. The van der Waals surface area contributed by atoms with E-state index in [9.17, 15) is 0 Å². The molecule has 3 heteroatoms. The summed E-state index contributed by atoms with van der Waals surface area (Å²) < 4.78 is 5.95. The van der Waals surface area contributed by atoms with Crippen molar-refractivity contribution in [3.63, 3.8) is 0 Å². The van der Waals surface area contributed by atoms with E-state index in [1.165, 1.54) is 18.2 Å². The van der Waals surface area contributed by atoms with Crippen molar-refractivity contribution in [2.24, 2.45) is 5.92 Å². The maximum Gasteiger partial charge on any atom is 0.221 e. The normalized spacial score (nSPS) is 14.7. The highest BCUT2D eigenvalue weighted by molar-refractivity contribution is 5.87. The molecule has 106 valence electrons. The first kappa shape index (κ1) is 13.4. The maximum absolute atomic E-state index is 5.95. The van der Waals surface area contributed by atoms with Crippen LogP contribution in [0.3, 0.4) is 0 Å². The van der Waals surface area contributed by atoms with Gasteiger partial charge in [-0.2, -0.15) is 0 Å². The summed E-state index contributed by atoms with van der Waals surface area (Å²) in [7, 11) is 0. The Hall–Kier alpha value is -1.61. The molecule has 1 saturated carbocycles. The summed E-state index contributed by atoms with van der Waals surface area (Å²) in [4.78, 5) is 4.69. The Kier molecular flexibility index (Phi) is 4.16. The third-order valence-electron chi connectivity index (χ3n) is 3.64. The van der Waals surface area contributed by atoms with Crippen LogP contribution in [-0.2, 0) is 6.54 Å². The van der Waals surface area contributed by atoms with E-state index < -0.39 is 0 Å². The summed E-state index contributed by atoms with van der Waals surface area (Å²) in [5, 5.41) is 5.73. The van der Waals surface area contributed by atoms with E-state index in [0.717, 1.165) is 49.0 Å². The predicted octanol–water partition coefficient (Wildman–Crippen LogP) is 3.52. The summed E-state index contributed by atoms with van der Waals surface area (Å²) in [6.45, 7) is 4.80. The van der Waals surface area contributed by atoms with Crippen molar-refractivity contribution in [1.82, 2.24) is 10.3 Å². The van der Waals surface area contributed by atoms with Crippen molar-refractivity contribution in [2.75, 3.05) is 13.2 Å². The van der Waals surface area contributed by atoms with Gasteiger partial charge < -0.3 is 10.1 Å². The first-order chi connectivity index (χ1) is 9.86. The van der Waals surface area contributed by atoms with Gasteiger partial charge in [0.25, 0.3) is 0 Å². The fourth-order valence-corrected chi connectivity index (χ4v) is 2.30. The molecule has 0 unspecified atom stereocenters. The van der Waals surface area contributed by atoms with Gasteiger partial charge in [-0.15, -0.1) is 0 Å². The molecule has 2 aromatic rings. The molecule has 20 heavy (non-hydrogen) atoms. The van der Waals surface area contributed by atoms with E-state index in [1.807, 2.05) is 6.07 Å². The molecule has 0 aliphatic heterocycles. The zero-order valence-electron chi connectivity index (χ0n) is 12.1. The average Bonchev–Trinajstić information content (AvgIpc) is 3.29. The van der Waals surface area contributed by atoms with Crippen molar-refractivity contribution in [3.8, 4) is 5.88 Å². The zero-order valence-corrected chi connectivity index (χ0v) is 12.1. The number of ether oxygens (including phenoxy) is 1. The van der Waals surface area contributed by atoms with Gasteiger partial charge in [0.1, 0.15) is 0 Å².